The largest absolute Gasteiger partial charge is 0.383 e. The van der Waals surface area contributed by atoms with E-state index in [0.717, 1.165) is 38.5 Å². The number of benzene rings is 2. The van der Waals surface area contributed by atoms with Crippen molar-refractivity contribution in [2.24, 2.45) is 4.99 Å². The number of nitrogens with two attached hydrogens (primary N) is 1. The smallest absolute Gasteiger partial charge is 0.280 e. The molecule has 2 aromatic carbocycles. The van der Waals surface area contributed by atoms with Crippen molar-refractivity contribution in [2.75, 3.05) is 11.1 Å². The minimum Gasteiger partial charge on any atom is -0.383 e. The van der Waals surface area contributed by atoms with Crippen LogP contribution in [-0.2, 0) is 0 Å². The van der Waals surface area contributed by atoms with Crippen molar-refractivity contribution in [3.8, 4) is 10.4 Å². The monoisotopic (exact) mass is 500 g/mol. The molecule has 0 aliphatic carbocycles. The summed E-state index contributed by atoms with van der Waals surface area (Å²) in [6.45, 7) is 1.56. The quantitative estimate of drug-likeness (QED) is 0.287. The number of nitrogen functional groups attached to an aromatic ring is 1. The number of nitrogens with one attached hydrogen (secondary N) is 1. The van der Waals surface area contributed by atoms with Crippen molar-refractivity contribution in [3.05, 3.63) is 95.9 Å². The summed E-state index contributed by atoms with van der Waals surface area (Å²) < 4.78 is 26.8. The molecule has 0 bridgehead atoms. The lowest BCUT2D eigenvalue weighted by Crippen LogP contribution is -2.06. The Morgan fingerprint density at radius 3 is 2.69 bits per heavy atom. The number of carbonyl (C=O) groups is 1. The fourth-order valence-corrected chi connectivity index (χ4v) is 4.48. The maximum absolute atomic E-state index is 13.6. The fraction of sp³-hybridized carbons (Fsp3) is 0.0385. The Hall–Kier alpha value is -4.57. The minimum absolute atomic E-state index is 0.241. The molecule has 5 aromatic rings. The number of carbonyl (C=O) groups excluding carboxylic acids is 1. The van der Waals surface area contributed by atoms with Gasteiger partial charge in [0.1, 0.15) is 18.0 Å². The molecule has 3 heterocycles. The molecule has 0 spiro atoms. The summed E-state index contributed by atoms with van der Waals surface area (Å²) in [5.74, 6) is -1.79. The van der Waals surface area contributed by atoms with Gasteiger partial charge in [0.25, 0.3) is 5.91 Å². The Bertz CT molecular complexity index is 1650. The number of halogens is 2. The van der Waals surface area contributed by atoms with E-state index >= 15 is 0 Å². The highest BCUT2D eigenvalue weighted by atomic mass is 32.1. The first-order valence-corrected chi connectivity index (χ1v) is 11.6. The molecule has 3 aromatic heterocycles. The maximum atomic E-state index is 13.6. The first kappa shape index (κ1) is 23.2. The average molecular weight is 501 g/mol. The highest BCUT2D eigenvalue weighted by molar-refractivity contribution is 7.19. The molecule has 10 heteroatoms. The molecule has 0 aliphatic heterocycles. The van der Waals surface area contributed by atoms with Crippen molar-refractivity contribution in [3.63, 3.8) is 0 Å². The number of rotatable bonds is 5. The predicted octanol–water partition coefficient (Wildman–Crippen LogP) is 6.01. The van der Waals surface area contributed by atoms with Crippen LogP contribution in [0, 0.1) is 11.6 Å². The van der Waals surface area contributed by atoms with Crippen LogP contribution < -0.4 is 11.1 Å². The van der Waals surface area contributed by atoms with E-state index < -0.39 is 17.5 Å². The number of aliphatic imine (C=N–C) groups is 1. The summed E-state index contributed by atoms with van der Waals surface area (Å²) in [6.07, 6.45) is 2.99. The second kappa shape index (κ2) is 9.59. The molecule has 1 amide bonds. The molecule has 0 unspecified atom stereocenters. The molecule has 0 radical (unpaired) electrons. The minimum atomic E-state index is -1.01. The fourth-order valence-electron chi connectivity index (χ4n) is 3.58. The SMILES string of the molecule is C/C(=N\C(=O)c1cccnc1Nc1ccc(-c2ccc3ncnc(N)c3c2)s1)c1ccc(F)c(F)c1. The van der Waals surface area contributed by atoms with E-state index in [-0.39, 0.29) is 11.3 Å². The Morgan fingerprint density at radius 1 is 1.00 bits per heavy atom. The van der Waals surface area contributed by atoms with Crippen molar-refractivity contribution in [2.45, 2.75) is 6.92 Å². The van der Waals surface area contributed by atoms with Gasteiger partial charge < -0.3 is 11.1 Å². The summed E-state index contributed by atoms with van der Waals surface area (Å²) in [5, 5.41) is 4.71. The molecule has 0 saturated carbocycles. The standard InChI is InChI=1S/C26H18F2N6OS/c1-14(15-4-6-19(27)20(28)12-15)33-26(35)17-3-2-10-30-25(17)34-23-9-8-22(36-23)16-5-7-21-18(11-16)24(29)32-13-31-21/h2-13H,1H3,(H,30,34)(H2,29,31,32)/b33-14+. The molecule has 0 aliphatic rings. The average Bonchev–Trinajstić information content (AvgIpc) is 3.34. The number of amides is 1. The van der Waals surface area contributed by atoms with Crippen LogP contribution in [0.3, 0.4) is 0 Å². The Labute approximate surface area is 208 Å². The highest BCUT2D eigenvalue weighted by Gasteiger charge is 2.15. The zero-order chi connectivity index (χ0) is 25.2. The van der Waals surface area contributed by atoms with E-state index in [1.165, 1.54) is 23.7 Å². The highest BCUT2D eigenvalue weighted by Crippen LogP contribution is 2.35. The van der Waals surface area contributed by atoms with Crippen LogP contribution in [0.4, 0.5) is 25.4 Å². The van der Waals surface area contributed by atoms with Gasteiger partial charge in [-0.25, -0.2) is 28.7 Å². The van der Waals surface area contributed by atoms with Gasteiger partial charge in [-0.1, -0.05) is 12.1 Å². The van der Waals surface area contributed by atoms with Crippen molar-refractivity contribution < 1.29 is 13.6 Å². The van der Waals surface area contributed by atoms with Crippen LogP contribution in [0.1, 0.15) is 22.8 Å². The summed E-state index contributed by atoms with van der Waals surface area (Å²) in [4.78, 5) is 30.5. The van der Waals surface area contributed by atoms with Gasteiger partial charge in [0.15, 0.2) is 11.6 Å². The lowest BCUT2D eigenvalue weighted by atomic mass is 10.1. The molecule has 0 fully saturated rings. The van der Waals surface area contributed by atoms with Gasteiger partial charge in [0.2, 0.25) is 0 Å². The van der Waals surface area contributed by atoms with E-state index in [1.54, 1.807) is 25.3 Å². The van der Waals surface area contributed by atoms with Crippen LogP contribution in [0.15, 0.2) is 78.2 Å². The topological polar surface area (TPSA) is 106 Å². The lowest BCUT2D eigenvalue weighted by molar-refractivity contribution is 0.100. The van der Waals surface area contributed by atoms with Gasteiger partial charge in [-0.05, 0) is 66.6 Å². The number of thiophene rings is 1. The summed E-state index contributed by atoms with van der Waals surface area (Å²) >= 11 is 1.47. The van der Waals surface area contributed by atoms with E-state index in [4.69, 9.17) is 5.73 Å². The van der Waals surface area contributed by atoms with Gasteiger partial charge >= 0.3 is 0 Å². The molecule has 0 atom stereocenters. The number of nitrogens with zero attached hydrogens (tertiary/aromatic N) is 4. The van der Waals surface area contributed by atoms with Crippen LogP contribution in [0.25, 0.3) is 21.3 Å². The molecule has 7 nitrogen and oxygen atoms in total. The van der Waals surface area contributed by atoms with Crippen LogP contribution >= 0.6 is 11.3 Å². The van der Waals surface area contributed by atoms with E-state index in [0.29, 0.717) is 17.2 Å². The molecule has 0 saturated heterocycles. The third kappa shape index (κ3) is 4.66. The molecular weight excluding hydrogens is 482 g/mol. The Kier molecular flexibility index (Phi) is 6.17. The van der Waals surface area contributed by atoms with E-state index in [9.17, 15) is 13.6 Å². The Balaban J connectivity index is 1.40. The zero-order valence-electron chi connectivity index (χ0n) is 18.9. The van der Waals surface area contributed by atoms with E-state index in [2.05, 4.69) is 25.3 Å². The van der Waals surface area contributed by atoms with E-state index in [1.807, 2.05) is 30.3 Å². The summed E-state index contributed by atoms with van der Waals surface area (Å²) in [7, 11) is 0. The van der Waals surface area contributed by atoms with Gasteiger partial charge in [0.05, 0.1) is 16.1 Å². The van der Waals surface area contributed by atoms with Crippen LogP contribution in [0.2, 0.25) is 0 Å². The van der Waals surface area contributed by atoms with Crippen LogP contribution in [0.5, 0.6) is 0 Å². The third-order valence-electron chi connectivity index (χ3n) is 5.44. The molecule has 36 heavy (non-hydrogen) atoms. The molecular formula is C26H18F2N6OS. The predicted molar refractivity (Wildman–Crippen MR) is 138 cm³/mol. The summed E-state index contributed by atoms with van der Waals surface area (Å²) in [6, 6.07) is 16.2. The molecule has 5 rings (SSSR count). The lowest BCUT2D eigenvalue weighted by Gasteiger charge is -2.08. The second-order valence-corrected chi connectivity index (χ2v) is 8.89. The third-order valence-corrected chi connectivity index (χ3v) is 6.49. The summed E-state index contributed by atoms with van der Waals surface area (Å²) in [5.41, 5.74) is 8.51. The molecule has 3 N–H and O–H groups in total. The normalized spacial score (nSPS) is 11.6. The van der Waals surface area contributed by atoms with Crippen molar-refractivity contribution >= 4 is 50.5 Å². The van der Waals surface area contributed by atoms with Gasteiger partial charge in [-0.3, -0.25) is 4.79 Å². The number of hydrogen-bond donors (Lipinski definition) is 2. The van der Waals surface area contributed by atoms with Gasteiger partial charge in [-0.2, -0.15) is 0 Å². The number of hydrogen-bond acceptors (Lipinski definition) is 7. The van der Waals surface area contributed by atoms with Crippen molar-refractivity contribution in [1.29, 1.82) is 0 Å². The number of pyridine rings is 1. The first-order chi connectivity index (χ1) is 17.4. The number of aromatic nitrogens is 3. The first-order valence-electron chi connectivity index (χ1n) is 10.8. The molecule has 178 valence electrons. The van der Waals surface area contributed by atoms with Gasteiger partial charge in [0, 0.05) is 22.2 Å². The number of fused-ring (bicyclic) bond motifs is 1. The van der Waals surface area contributed by atoms with Crippen molar-refractivity contribution in [1.82, 2.24) is 15.0 Å². The van der Waals surface area contributed by atoms with Gasteiger partial charge in [-0.15, -0.1) is 11.3 Å². The second-order valence-electron chi connectivity index (χ2n) is 7.81. The van der Waals surface area contributed by atoms with Crippen LogP contribution in [-0.4, -0.2) is 26.6 Å². The number of anilines is 3. The Morgan fingerprint density at radius 2 is 1.86 bits per heavy atom. The zero-order valence-corrected chi connectivity index (χ0v) is 19.7. The maximum Gasteiger partial charge on any atom is 0.280 e.